The second-order valence-electron chi connectivity index (χ2n) is 5.13. The Morgan fingerprint density at radius 2 is 0.682 bits per heavy atom. The molecule has 0 spiro atoms. The summed E-state index contributed by atoms with van der Waals surface area (Å²) >= 11 is 0. The molecule has 2 rings (SSSR count). The second kappa shape index (κ2) is 38.7. The van der Waals surface area contributed by atoms with Gasteiger partial charge in [-0.15, -0.1) is 0 Å². The Kier molecular flexibility index (Phi) is 77.4. The van der Waals surface area contributed by atoms with Gasteiger partial charge in [-0.3, -0.25) is 0 Å². The molecule has 0 aliphatic heterocycles. The molecule has 2 fully saturated rings. The van der Waals surface area contributed by atoms with E-state index in [0.717, 1.165) is 11.8 Å². The van der Waals surface area contributed by atoms with Gasteiger partial charge < -0.3 is 14.9 Å². The van der Waals surface area contributed by atoms with Crippen molar-refractivity contribution >= 4 is 0 Å². The Morgan fingerprint density at radius 1 is 0.500 bits per heavy atom. The minimum absolute atomic E-state index is 0. The predicted molar refractivity (Wildman–Crippen MR) is 102 cm³/mol. The maximum atomic E-state index is 2.36. The Labute approximate surface area is 196 Å². The molecule has 22 heavy (non-hydrogen) atoms. The third-order valence-corrected chi connectivity index (χ3v) is 3.54. The van der Waals surface area contributed by atoms with Gasteiger partial charge in [-0.1, -0.05) is 107 Å². The van der Waals surface area contributed by atoms with Crippen molar-refractivity contribution in [3.8, 4) is 0 Å². The number of hydrogen-bond acceptors (Lipinski definition) is 0. The summed E-state index contributed by atoms with van der Waals surface area (Å²) in [4.78, 5) is 0. The molecule has 2 aliphatic carbocycles. The Bertz CT molecular complexity index is 115. The van der Waals surface area contributed by atoms with Gasteiger partial charge in [-0.25, -0.2) is 0 Å². The molecular weight excluding hydrogens is 418 g/mol. The SMILES string of the molecule is C.CC.CC.CC1CCCC1.CC1CCCCC1.[CH3-].[CH3-].[Y].[Y]. The van der Waals surface area contributed by atoms with Crippen LogP contribution in [0.25, 0.3) is 0 Å². The molecule has 0 aromatic heterocycles. The van der Waals surface area contributed by atoms with Gasteiger partial charge in [0.1, 0.15) is 0 Å². The molecule has 0 saturated heterocycles. The third-order valence-electron chi connectivity index (χ3n) is 3.54. The molecule has 0 N–H and O–H groups in total. The number of hydrogen-bond donors (Lipinski definition) is 0. The molecule has 2 saturated carbocycles. The molecule has 0 atom stereocenters. The van der Waals surface area contributed by atoms with Crippen LogP contribution in [0.4, 0.5) is 0 Å². The van der Waals surface area contributed by atoms with E-state index in [1.165, 1.54) is 57.8 Å². The van der Waals surface area contributed by atoms with Crippen LogP contribution in [0.5, 0.6) is 0 Å². The fourth-order valence-corrected chi connectivity index (χ4v) is 2.44. The third kappa shape index (κ3) is 33.7. The zero-order valence-electron chi connectivity index (χ0n) is 16.7. The minimum Gasteiger partial charge on any atom is -0.358 e. The molecule has 0 aromatic rings. The monoisotopic (exact) mass is 466 g/mol. The quantitative estimate of drug-likeness (QED) is 0.315. The molecule has 0 bridgehead atoms. The van der Waals surface area contributed by atoms with E-state index in [1.807, 2.05) is 27.7 Å². The first kappa shape index (κ1) is 44.0. The van der Waals surface area contributed by atoms with Crippen molar-refractivity contribution in [3.05, 3.63) is 14.9 Å². The van der Waals surface area contributed by atoms with Crippen molar-refractivity contribution < 1.29 is 65.4 Å². The van der Waals surface area contributed by atoms with Crippen molar-refractivity contribution in [2.75, 3.05) is 0 Å². The van der Waals surface area contributed by atoms with Crippen molar-refractivity contribution in [3.63, 3.8) is 0 Å². The standard InChI is InChI=1S/C7H14.C6H12.2C2H6.CH4.2CH3.2Y/c1-7-5-3-2-4-6-7;1-6-4-2-3-5-6;2*1-2;;;;;/h7H,2-6H2,1H3;6H,2-5H2,1H3;2*1-2H3;1H4;2*1H3;;/q;;;;;2*-1;;. The van der Waals surface area contributed by atoms with Gasteiger partial charge in [0.15, 0.2) is 0 Å². The first-order valence-corrected chi connectivity index (χ1v) is 8.29. The van der Waals surface area contributed by atoms with Crippen LogP contribution in [0.15, 0.2) is 0 Å². The molecule has 0 nitrogen and oxygen atoms in total. The topological polar surface area (TPSA) is 0 Å². The van der Waals surface area contributed by atoms with E-state index in [1.54, 1.807) is 0 Å². The fourth-order valence-electron chi connectivity index (χ4n) is 2.44. The maximum absolute atomic E-state index is 2.36. The van der Waals surface area contributed by atoms with Crippen LogP contribution in [0.2, 0.25) is 0 Å². The van der Waals surface area contributed by atoms with Crippen LogP contribution in [-0.2, 0) is 65.4 Å². The Balaban J connectivity index is -0.0000000282. The normalized spacial score (nSPS) is 15.5. The Hall–Kier alpha value is 2.21. The van der Waals surface area contributed by atoms with E-state index in [2.05, 4.69) is 13.8 Å². The van der Waals surface area contributed by atoms with E-state index < -0.39 is 0 Å². The summed E-state index contributed by atoms with van der Waals surface area (Å²) in [6.45, 7) is 12.7. The van der Waals surface area contributed by atoms with Gasteiger partial charge in [0, 0.05) is 65.4 Å². The molecule has 0 heterocycles. The minimum atomic E-state index is 0. The van der Waals surface area contributed by atoms with E-state index in [-0.39, 0.29) is 87.7 Å². The van der Waals surface area contributed by atoms with Crippen molar-refractivity contribution in [2.45, 2.75) is 107 Å². The van der Waals surface area contributed by atoms with Crippen molar-refractivity contribution in [2.24, 2.45) is 11.8 Å². The van der Waals surface area contributed by atoms with Crippen LogP contribution < -0.4 is 0 Å². The summed E-state index contributed by atoms with van der Waals surface area (Å²) in [5.74, 6) is 2.08. The molecule has 0 amide bonds. The molecule has 2 aliphatic rings. The molecular formula is C20H48Y2-2. The second-order valence-corrected chi connectivity index (χ2v) is 5.13. The summed E-state index contributed by atoms with van der Waals surface area (Å²) in [5.41, 5.74) is 0. The van der Waals surface area contributed by atoms with Gasteiger partial charge in [0.2, 0.25) is 0 Å². The van der Waals surface area contributed by atoms with Crippen LogP contribution in [0.1, 0.15) is 107 Å². The summed E-state index contributed by atoms with van der Waals surface area (Å²) in [6, 6.07) is 0. The summed E-state index contributed by atoms with van der Waals surface area (Å²) < 4.78 is 0. The van der Waals surface area contributed by atoms with E-state index in [9.17, 15) is 0 Å². The smallest absolute Gasteiger partial charge is 0 e. The average Bonchev–Trinajstić information content (AvgIpc) is 2.87. The molecule has 2 heteroatoms. The van der Waals surface area contributed by atoms with Crippen LogP contribution in [0, 0.1) is 26.7 Å². The summed E-state index contributed by atoms with van der Waals surface area (Å²) in [7, 11) is 0. The Morgan fingerprint density at radius 3 is 0.773 bits per heavy atom. The first-order chi connectivity index (χ1) is 8.29. The zero-order valence-corrected chi connectivity index (χ0v) is 22.3. The molecule has 0 unspecified atom stereocenters. The van der Waals surface area contributed by atoms with Crippen molar-refractivity contribution in [1.29, 1.82) is 0 Å². The summed E-state index contributed by atoms with van der Waals surface area (Å²) in [6.07, 6.45) is 13.4. The molecule has 2 radical (unpaired) electrons. The van der Waals surface area contributed by atoms with Crippen LogP contribution >= 0.6 is 0 Å². The van der Waals surface area contributed by atoms with Crippen LogP contribution in [-0.4, -0.2) is 0 Å². The van der Waals surface area contributed by atoms with Crippen LogP contribution in [0.3, 0.4) is 0 Å². The van der Waals surface area contributed by atoms with E-state index >= 15 is 0 Å². The van der Waals surface area contributed by atoms with E-state index in [0.29, 0.717) is 0 Å². The zero-order chi connectivity index (χ0) is 13.5. The van der Waals surface area contributed by atoms with Gasteiger partial charge in [0.05, 0.1) is 0 Å². The fraction of sp³-hybridized carbons (Fsp3) is 0.900. The maximum Gasteiger partial charge on any atom is 0 e. The molecule has 0 aromatic carbocycles. The van der Waals surface area contributed by atoms with Gasteiger partial charge in [0.25, 0.3) is 0 Å². The van der Waals surface area contributed by atoms with Gasteiger partial charge in [-0.2, -0.15) is 0 Å². The largest absolute Gasteiger partial charge is 0.358 e. The average molecular weight is 466 g/mol. The predicted octanol–water partition coefficient (Wildman–Crippen LogP) is 8.37. The van der Waals surface area contributed by atoms with E-state index in [4.69, 9.17) is 0 Å². The van der Waals surface area contributed by atoms with Gasteiger partial charge >= 0.3 is 0 Å². The van der Waals surface area contributed by atoms with Gasteiger partial charge in [-0.05, 0) is 11.8 Å². The summed E-state index contributed by atoms with van der Waals surface area (Å²) in [5, 5.41) is 0. The first-order valence-electron chi connectivity index (χ1n) is 8.29. The number of rotatable bonds is 0. The molecule has 136 valence electrons. The van der Waals surface area contributed by atoms with Crippen molar-refractivity contribution in [1.82, 2.24) is 0 Å².